The summed E-state index contributed by atoms with van der Waals surface area (Å²) in [5.74, 6) is -0.771. The van der Waals surface area contributed by atoms with Gasteiger partial charge in [0.2, 0.25) is 11.8 Å². The Labute approximate surface area is 187 Å². The first-order valence-corrected chi connectivity index (χ1v) is 11.3. The summed E-state index contributed by atoms with van der Waals surface area (Å²) in [4.78, 5) is 38.6. The third kappa shape index (κ3) is 3.82. The molecule has 0 aromatic heterocycles. The number of imide groups is 1. The molecule has 0 aliphatic carbocycles. The van der Waals surface area contributed by atoms with Crippen molar-refractivity contribution in [3.8, 4) is 0 Å². The molecule has 0 spiro atoms. The van der Waals surface area contributed by atoms with Gasteiger partial charge in [-0.2, -0.15) is 0 Å². The lowest BCUT2D eigenvalue weighted by molar-refractivity contribution is -0.136. The van der Waals surface area contributed by atoms with Crippen molar-refractivity contribution in [1.82, 2.24) is 20.9 Å². The highest BCUT2D eigenvalue weighted by molar-refractivity contribution is 6.06. The van der Waals surface area contributed by atoms with Gasteiger partial charge in [-0.25, -0.2) is 0 Å². The predicted octanol–water partition coefficient (Wildman–Crippen LogP) is 1.94. The molecule has 2 unspecified atom stereocenters. The molecule has 1 fully saturated rings. The molecule has 5 rings (SSSR count). The second-order valence-corrected chi connectivity index (χ2v) is 8.91. The maximum atomic E-state index is 13.2. The van der Waals surface area contributed by atoms with Crippen molar-refractivity contribution in [2.24, 2.45) is 0 Å². The molecule has 0 bridgehead atoms. The zero-order valence-corrected chi connectivity index (χ0v) is 18.2. The number of hydrogen-bond acceptors (Lipinski definition) is 5. The van der Waals surface area contributed by atoms with Crippen LogP contribution in [0.5, 0.6) is 0 Å². The fraction of sp³-hybridized carbons (Fsp3) is 0.400. The fourth-order valence-electron chi connectivity index (χ4n) is 4.98. The van der Waals surface area contributed by atoms with Gasteiger partial charge in [-0.1, -0.05) is 36.4 Å². The van der Waals surface area contributed by atoms with E-state index in [0.717, 1.165) is 30.6 Å². The predicted molar refractivity (Wildman–Crippen MR) is 120 cm³/mol. The average Bonchev–Trinajstić information content (AvgIpc) is 3.14. The molecule has 2 aromatic rings. The molecular formula is C25H28N4O3. The van der Waals surface area contributed by atoms with Crippen molar-refractivity contribution in [3.63, 3.8) is 0 Å². The standard InChI is InChI=1S/C25H28N4O3/c1-15(16-5-6-18-12-26-10-9-17(18)11-16)27-13-19-3-2-4-20-14-29(25(32)23(19)20)21-7-8-22(30)28-24(21)31/h2-6,11,15,21,26-27H,7-10,12-14H2,1H3,(H,28,30,31). The molecule has 2 aromatic carbocycles. The highest BCUT2D eigenvalue weighted by Gasteiger charge is 2.39. The lowest BCUT2D eigenvalue weighted by Crippen LogP contribution is -2.52. The van der Waals surface area contributed by atoms with Crippen molar-refractivity contribution >= 4 is 17.7 Å². The summed E-state index contributed by atoms with van der Waals surface area (Å²) >= 11 is 0. The Morgan fingerprint density at radius 2 is 1.97 bits per heavy atom. The molecule has 2 atom stereocenters. The van der Waals surface area contributed by atoms with Gasteiger partial charge in [-0.05, 0) is 54.1 Å². The van der Waals surface area contributed by atoms with Gasteiger partial charge in [-0.3, -0.25) is 19.7 Å². The van der Waals surface area contributed by atoms with Gasteiger partial charge >= 0.3 is 0 Å². The average molecular weight is 433 g/mol. The maximum Gasteiger partial charge on any atom is 0.255 e. The fourth-order valence-corrected chi connectivity index (χ4v) is 4.98. The molecule has 3 amide bonds. The Hall–Kier alpha value is -3.03. The second-order valence-electron chi connectivity index (χ2n) is 8.91. The van der Waals surface area contributed by atoms with Gasteiger partial charge in [0.05, 0.1) is 0 Å². The van der Waals surface area contributed by atoms with E-state index in [1.807, 2.05) is 18.2 Å². The molecule has 0 radical (unpaired) electrons. The smallest absolute Gasteiger partial charge is 0.255 e. The van der Waals surface area contributed by atoms with E-state index in [-0.39, 0.29) is 30.2 Å². The van der Waals surface area contributed by atoms with E-state index in [2.05, 4.69) is 41.1 Å². The second kappa shape index (κ2) is 8.48. The summed E-state index contributed by atoms with van der Waals surface area (Å²) in [6, 6.07) is 12.1. The maximum absolute atomic E-state index is 13.2. The first-order chi connectivity index (χ1) is 15.5. The Morgan fingerprint density at radius 3 is 2.81 bits per heavy atom. The molecule has 3 heterocycles. The quantitative estimate of drug-likeness (QED) is 0.629. The minimum absolute atomic E-state index is 0.124. The number of amides is 3. The van der Waals surface area contributed by atoms with Crippen LogP contribution >= 0.6 is 0 Å². The van der Waals surface area contributed by atoms with Crippen LogP contribution in [-0.2, 0) is 35.6 Å². The Bertz CT molecular complexity index is 1100. The number of nitrogens with one attached hydrogen (secondary N) is 3. The molecule has 1 saturated heterocycles. The van der Waals surface area contributed by atoms with Gasteiger partial charge in [0.25, 0.3) is 5.91 Å². The SMILES string of the molecule is CC(NCc1cccc2c1C(=O)N(C1CCC(=O)NC1=O)C2)c1ccc2c(c1)CCNC2. The molecule has 3 aliphatic heterocycles. The summed E-state index contributed by atoms with van der Waals surface area (Å²) in [5.41, 5.74) is 6.59. The van der Waals surface area contributed by atoms with Crippen molar-refractivity contribution in [3.05, 3.63) is 69.8 Å². The van der Waals surface area contributed by atoms with Crippen LogP contribution in [0.3, 0.4) is 0 Å². The first-order valence-electron chi connectivity index (χ1n) is 11.3. The largest absolute Gasteiger partial charge is 0.322 e. The van der Waals surface area contributed by atoms with Crippen LogP contribution in [-0.4, -0.2) is 35.2 Å². The van der Waals surface area contributed by atoms with Crippen molar-refractivity contribution in [1.29, 1.82) is 0 Å². The number of carbonyl (C=O) groups excluding carboxylic acids is 3. The molecule has 7 nitrogen and oxygen atoms in total. The van der Waals surface area contributed by atoms with Crippen LogP contribution in [0, 0.1) is 0 Å². The Morgan fingerprint density at radius 1 is 1.09 bits per heavy atom. The lowest BCUT2D eigenvalue weighted by Gasteiger charge is -2.29. The van der Waals surface area contributed by atoms with Crippen LogP contribution in [0.15, 0.2) is 36.4 Å². The summed E-state index contributed by atoms with van der Waals surface area (Å²) in [6.45, 7) is 5.06. The molecule has 7 heteroatoms. The van der Waals surface area contributed by atoms with Crippen LogP contribution in [0.2, 0.25) is 0 Å². The highest BCUT2D eigenvalue weighted by atomic mass is 16.2. The number of fused-ring (bicyclic) bond motifs is 2. The molecular weight excluding hydrogens is 404 g/mol. The number of carbonyl (C=O) groups is 3. The molecule has 3 N–H and O–H groups in total. The first kappa shape index (κ1) is 20.8. The number of benzene rings is 2. The number of nitrogens with zero attached hydrogens (tertiary/aromatic N) is 1. The lowest BCUT2D eigenvalue weighted by atomic mass is 9.96. The molecule has 166 valence electrons. The van der Waals surface area contributed by atoms with E-state index in [4.69, 9.17) is 0 Å². The van der Waals surface area contributed by atoms with E-state index in [9.17, 15) is 14.4 Å². The van der Waals surface area contributed by atoms with Crippen molar-refractivity contribution in [2.45, 2.75) is 57.9 Å². The third-order valence-electron chi connectivity index (χ3n) is 6.85. The summed E-state index contributed by atoms with van der Waals surface area (Å²) in [7, 11) is 0. The number of hydrogen-bond donors (Lipinski definition) is 3. The molecule has 0 saturated carbocycles. The van der Waals surface area contributed by atoms with Crippen LogP contribution in [0.25, 0.3) is 0 Å². The van der Waals surface area contributed by atoms with Gasteiger partial charge in [0, 0.05) is 37.7 Å². The molecule has 32 heavy (non-hydrogen) atoms. The van der Waals surface area contributed by atoms with Crippen molar-refractivity contribution < 1.29 is 14.4 Å². The number of piperidine rings is 1. The summed E-state index contributed by atoms with van der Waals surface area (Å²) in [6.07, 6.45) is 1.69. The summed E-state index contributed by atoms with van der Waals surface area (Å²) in [5, 5.41) is 9.33. The van der Waals surface area contributed by atoms with Crippen LogP contribution < -0.4 is 16.0 Å². The van der Waals surface area contributed by atoms with E-state index < -0.39 is 6.04 Å². The minimum Gasteiger partial charge on any atom is -0.322 e. The highest BCUT2D eigenvalue weighted by Crippen LogP contribution is 2.30. The van der Waals surface area contributed by atoms with Crippen molar-refractivity contribution in [2.75, 3.05) is 6.54 Å². The van der Waals surface area contributed by atoms with Crippen LogP contribution in [0.1, 0.15) is 64.0 Å². The van der Waals surface area contributed by atoms with Gasteiger partial charge in [0.1, 0.15) is 6.04 Å². The Balaban J connectivity index is 1.30. The third-order valence-corrected chi connectivity index (χ3v) is 6.85. The molecule has 3 aliphatic rings. The normalized spacial score (nSPS) is 21.2. The minimum atomic E-state index is -0.586. The van der Waals surface area contributed by atoms with Gasteiger partial charge in [0.15, 0.2) is 0 Å². The van der Waals surface area contributed by atoms with E-state index in [1.54, 1.807) is 4.90 Å². The van der Waals surface area contributed by atoms with Crippen LogP contribution in [0.4, 0.5) is 0 Å². The monoisotopic (exact) mass is 432 g/mol. The van der Waals surface area contributed by atoms with Gasteiger partial charge < -0.3 is 15.5 Å². The summed E-state index contributed by atoms with van der Waals surface area (Å²) < 4.78 is 0. The van der Waals surface area contributed by atoms with E-state index in [0.29, 0.717) is 25.1 Å². The topological polar surface area (TPSA) is 90.5 Å². The van der Waals surface area contributed by atoms with E-state index in [1.165, 1.54) is 16.7 Å². The van der Waals surface area contributed by atoms with Gasteiger partial charge in [-0.15, -0.1) is 0 Å². The zero-order chi connectivity index (χ0) is 22.2. The zero-order valence-electron chi connectivity index (χ0n) is 18.2. The number of rotatable bonds is 5. The Kier molecular flexibility index (Phi) is 5.53. The van der Waals surface area contributed by atoms with E-state index >= 15 is 0 Å².